The van der Waals surface area contributed by atoms with Crippen LogP contribution < -0.4 is 0 Å². The van der Waals surface area contributed by atoms with E-state index in [1.165, 1.54) is 11.3 Å². The van der Waals surface area contributed by atoms with Crippen molar-refractivity contribution in [2.45, 2.75) is 12.1 Å². The van der Waals surface area contributed by atoms with Crippen molar-refractivity contribution >= 4 is 34.6 Å². The van der Waals surface area contributed by atoms with Crippen molar-refractivity contribution in [2.75, 3.05) is 20.6 Å². The molecule has 164 valence electrons. The molecule has 0 saturated heterocycles. The summed E-state index contributed by atoms with van der Waals surface area (Å²) in [5.41, 5.74) is 1.86. The van der Waals surface area contributed by atoms with Crippen LogP contribution in [0.3, 0.4) is 0 Å². The smallest absolute Gasteiger partial charge is 0.290 e. The first-order valence-electron chi connectivity index (χ1n) is 10.2. The molecule has 32 heavy (non-hydrogen) atoms. The average molecular weight is 467 g/mol. The Kier molecular flexibility index (Phi) is 6.46. The molecule has 0 unspecified atom stereocenters. The number of thiophene rings is 1. The summed E-state index contributed by atoms with van der Waals surface area (Å²) >= 11 is 7.37. The van der Waals surface area contributed by atoms with Gasteiger partial charge in [-0.2, -0.15) is 0 Å². The van der Waals surface area contributed by atoms with Gasteiger partial charge >= 0.3 is 0 Å². The van der Waals surface area contributed by atoms with Gasteiger partial charge in [0.15, 0.2) is 5.76 Å². The van der Waals surface area contributed by atoms with Crippen LogP contribution in [0.15, 0.2) is 83.4 Å². The quantitative estimate of drug-likeness (QED) is 0.481. The average Bonchev–Trinajstić information content (AvgIpc) is 3.41. The summed E-state index contributed by atoms with van der Waals surface area (Å²) in [6.07, 6.45) is 0. The van der Waals surface area contributed by atoms with Crippen LogP contribution in [-0.4, -0.2) is 47.2 Å². The van der Waals surface area contributed by atoms with Crippen LogP contribution in [0.5, 0.6) is 0 Å². The second-order valence-electron chi connectivity index (χ2n) is 7.87. The maximum absolute atomic E-state index is 13.3. The molecular formula is C25H23ClN2O3S. The number of hydrogen-bond acceptors (Lipinski definition) is 5. The Morgan fingerprint density at radius 1 is 1.09 bits per heavy atom. The minimum atomic E-state index is -0.708. The lowest BCUT2D eigenvalue weighted by Crippen LogP contribution is -2.38. The second-order valence-corrected chi connectivity index (χ2v) is 9.25. The van der Waals surface area contributed by atoms with Gasteiger partial charge in [-0.3, -0.25) is 9.59 Å². The van der Waals surface area contributed by atoms with Crippen LogP contribution in [-0.2, 0) is 4.79 Å². The number of halogens is 1. The molecule has 0 aliphatic carbocycles. The molecule has 1 aliphatic heterocycles. The minimum Gasteiger partial charge on any atom is -0.503 e. The first kappa shape index (κ1) is 22.3. The highest BCUT2D eigenvalue weighted by atomic mass is 35.5. The highest BCUT2D eigenvalue weighted by Crippen LogP contribution is 2.41. The number of aliphatic hydroxyl groups excluding tert-OH is 1. The van der Waals surface area contributed by atoms with Crippen molar-refractivity contribution in [1.29, 1.82) is 0 Å². The standard InChI is InChI=1S/C25H23ClN2O3S/c1-27(2)19(16-7-4-3-5-8-16)15-28-22(17-10-12-18(26)13-11-17)21(24(30)25(28)31)23(29)20-9-6-14-32-20/h3-14,19,22,30H,15H2,1-2H3/t19-,22+/m0/s1. The topological polar surface area (TPSA) is 60.9 Å². The molecule has 4 rings (SSSR count). The Hall–Kier alpha value is -2.93. The third-order valence-corrected chi connectivity index (χ3v) is 6.78. The van der Waals surface area contributed by atoms with E-state index in [4.69, 9.17) is 11.6 Å². The van der Waals surface area contributed by atoms with Crippen LogP contribution in [0, 0.1) is 0 Å². The Labute approximate surface area is 196 Å². The van der Waals surface area contributed by atoms with Gasteiger partial charge in [0.1, 0.15) is 0 Å². The van der Waals surface area contributed by atoms with Gasteiger partial charge in [-0.1, -0.05) is 60.1 Å². The molecule has 2 aromatic carbocycles. The Morgan fingerprint density at radius 2 is 1.78 bits per heavy atom. The van der Waals surface area contributed by atoms with Crippen molar-refractivity contribution in [3.8, 4) is 0 Å². The van der Waals surface area contributed by atoms with Gasteiger partial charge < -0.3 is 14.9 Å². The lowest BCUT2D eigenvalue weighted by molar-refractivity contribution is -0.130. The Balaban J connectivity index is 1.78. The zero-order chi connectivity index (χ0) is 22.8. The molecule has 0 bridgehead atoms. The van der Waals surface area contributed by atoms with E-state index >= 15 is 0 Å². The monoisotopic (exact) mass is 466 g/mol. The summed E-state index contributed by atoms with van der Waals surface area (Å²) in [4.78, 5) is 30.7. The molecule has 1 amide bonds. The number of ketones is 1. The van der Waals surface area contributed by atoms with E-state index in [9.17, 15) is 14.7 Å². The number of carbonyl (C=O) groups excluding carboxylic acids is 2. The van der Waals surface area contributed by atoms with Crippen LogP contribution in [0.1, 0.15) is 32.9 Å². The zero-order valence-electron chi connectivity index (χ0n) is 17.7. The van der Waals surface area contributed by atoms with Gasteiger partial charge in [0, 0.05) is 11.6 Å². The Morgan fingerprint density at radius 3 is 2.38 bits per heavy atom. The first-order chi connectivity index (χ1) is 15.4. The number of aliphatic hydroxyl groups is 1. The Bertz CT molecular complexity index is 1140. The fourth-order valence-corrected chi connectivity index (χ4v) is 4.84. The normalized spacial score (nSPS) is 17.3. The fraction of sp³-hybridized carbons (Fsp3) is 0.200. The number of amides is 1. The van der Waals surface area contributed by atoms with Gasteiger partial charge in [-0.05, 0) is 48.8 Å². The van der Waals surface area contributed by atoms with Crippen molar-refractivity contribution in [2.24, 2.45) is 0 Å². The predicted octanol–water partition coefficient (Wildman–Crippen LogP) is 5.28. The van der Waals surface area contributed by atoms with E-state index in [1.807, 2.05) is 49.3 Å². The number of carbonyl (C=O) groups is 2. The van der Waals surface area contributed by atoms with Gasteiger partial charge in [-0.15, -0.1) is 11.3 Å². The van der Waals surface area contributed by atoms with Crippen molar-refractivity contribution in [1.82, 2.24) is 9.80 Å². The van der Waals surface area contributed by atoms with E-state index in [0.29, 0.717) is 16.4 Å². The van der Waals surface area contributed by atoms with E-state index in [-0.39, 0.29) is 17.4 Å². The molecule has 0 radical (unpaired) electrons. The lowest BCUT2D eigenvalue weighted by Gasteiger charge is -2.33. The summed E-state index contributed by atoms with van der Waals surface area (Å²) in [7, 11) is 3.89. The van der Waals surface area contributed by atoms with Crippen LogP contribution in [0.2, 0.25) is 5.02 Å². The summed E-state index contributed by atoms with van der Waals surface area (Å²) in [6.45, 7) is 0.300. The van der Waals surface area contributed by atoms with E-state index in [2.05, 4.69) is 0 Å². The van der Waals surface area contributed by atoms with E-state index < -0.39 is 17.7 Å². The number of nitrogens with zero attached hydrogens (tertiary/aromatic N) is 2. The van der Waals surface area contributed by atoms with Gasteiger partial charge in [0.05, 0.1) is 22.5 Å². The third-order valence-electron chi connectivity index (χ3n) is 5.66. The molecule has 1 aliphatic rings. The SMILES string of the molecule is CN(C)[C@@H](CN1C(=O)C(O)=C(C(=O)c2cccs2)[C@H]1c1ccc(Cl)cc1)c1ccccc1. The number of likely N-dealkylation sites (N-methyl/N-ethyl adjacent to an activating group) is 1. The molecule has 2 heterocycles. The number of hydrogen-bond donors (Lipinski definition) is 1. The molecule has 7 heteroatoms. The predicted molar refractivity (Wildman–Crippen MR) is 127 cm³/mol. The summed E-state index contributed by atoms with van der Waals surface area (Å²) < 4.78 is 0. The number of Topliss-reactive ketones (excluding diaryl/α,β-unsaturated/α-hetero) is 1. The highest BCUT2D eigenvalue weighted by Gasteiger charge is 2.44. The second kappa shape index (κ2) is 9.28. The van der Waals surface area contributed by atoms with E-state index in [0.717, 1.165) is 11.1 Å². The maximum Gasteiger partial charge on any atom is 0.290 e. The molecular weight excluding hydrogens is 444 g/mol. The first-order valence-corrected chi connectivity index (χ1v) is 11.4. The van der Waals surface area contributed by atoms with Crippen molar-refractivity contribution in [3.05, 3.63) is 104 Å². The molecule has 1 N–H and O–H groups in total. The molecule has 2 atom stereocenters. The summed E-state index contributed by atoms with van der Waals surface area (Å²) in [6, 6.07) is 19.5. The molecule has 5 nitrogen and oxygen atoms in total. The van der Waals surface area contributed by atoms with E-state index in [1.54, 1.807) is 46.7 Å². The number of benzene rings is 2. The van der Waals surface area contributed by atoms with Crippen molar-refractivity contribution < 1.29 is 14.7 Å². The van der Waals surface area contributed by atoms with Gasteiger partial charge in [0.25, 0.3) is 5.91 Å². The maximum atomic E-state index is 13.3. The minimum absolute atomic E-state index is 0.102. The molecule has 3 aromatic rings. The molecule has 0 spiro atoms. The fourth-order valence-electron chi connectivity index (χ4n) is 4.03. The number of rotatable bonds is 7. The largest absolute Gasteiger partial charge is 0.503 e. The van der Waals surface area contributed by atoms with Crippen LogP contribution in [0.25, 0.3) is 0 Å². The van der Waals surface area contributed by atoms with Gasteiger partial charge in [-0.25, -0.2) is 0 Å². The highest BCUT2D eigenvalue weighted by molar-refractivity contribution is 7.12. The lowest BCUT2D eigenvalue weighted by atomic mass is 9.95. The van der Waals surface area contributed by atoms with Crippen LogP contribution >= 0.6 is 22.9 Å². The summed E-state index contributed by atoms with van der Waals surface area (Å²) in [5, 5.41) is 13.2. The summed E-state index contributed by atoms with van der Waals surface area (Å²) in [5.74, 6) is -1.38. The zero-order valence-corrected chi connectivity index (χ0v) is 19.3. The molecule has 0 saturated carbocycles. The molecule has 1 aromatic heterocycles. The van der Waals surface area contributed by atoms with Gasteiger partial charge in [0.2, 0.25) is 5.78 Å². The van der Waals surface area contributed by atoms with Crippen molar-refractivity contribution in [3.63, 3.8) is 0 Å². The molecule has 0 fully saturated rings. The van der Waals surface area contributed by atoms with Crippen LogP contribution in [0.4, 0.5) is 0 Å². The third kappa shape index (κ3) is 4.21.